The first kappa shape index (κ1) is 21.8. The molecule has 0 aromatic heterocycles. The summed E-state index contributed by atoms with van der Waals surface area (Å²) in [4.78, 5) is 12.7. The Kier molecular flexibility index (Phi) is 6.69. The van der Waals surface area contributed by atoms with E-state index in [0.717, 1.165) is 11.1 Å². The van der Waals surface area contributed by atoms with Crippen molar-refractivity contribution >= 4 is 5.97 Å². The van der Waals surface area contributed by atoms with Gasteiger partial charge in [-0.1, -0.05) is 66.7 Å². The van der Waals surface area contributed by atoms with Crippen molar-refractivity contribution in [1.82, 2.24) is 0 Å². The summed E-state index contributed by atoms with van der Waals surface area (Å²) in [6, 6.07) is 22.4. The lowest BCUT2D eigenvalue weighted by molar-refractivity contribution is -0.154. The third-order valence-electron chi connectivity index (χ3n) is 5.88. The maximum Gasteiger partial charge on any atom is 0.313 e. The molecule has 164 valence electrons. The minimum atomic E-state index is -0.617. The van der Waals surface area contributed by atoms with Crippen molar-refractivity contribution in [2.24, 2.45) is 5.41 Å². The van der Waals surface area contributed by atoms with Gasteiger partial charge in [-0.15, -0.1) is 0 Å². The van der Waals surface area contributed by atoms with Gasteiger partial charge in [0.15, 0.2) is 0 Å². The van der Waals surface area contributed by atoms with Crippen LogP contribution < -0.4 is 4.74 Å². The van der Waals surface area contributed by atoms with Crippen molar-refractivity contribution in [2.45, 2.75) is 32.8 Å². The Bertz CT molecular complexity index is 1100. The van der Waals surface area contributed by atoms with Crippen molar-refractivity contribution in [2.75, 3.05) is 6.61 Å². The van der Waals surface area contributed by atoms with Crippen molar-refractivity contribution < 1.29 is 18.7 Å². The van der Waals surface area contributed by atoms with Crippen LogP contribution in [0.25, 0.3) is 11.1 Å². The number of ether oxygens (including phenoxy) is 2. The van der Waals surface area contributed by atoms with Gasteiger partial charge in [-0.25, -0.2) is 4.39 Å². The fourth-order valence-electron chi connectivity index (χ4n) is 4.20. The van der Waals surface area contributed by atoms with Crippen LogP contribution in [-0.2, 0) is 22.6 Å². The van der Waals surface area contributed by atoms with Crippen molar-refractivity contribution in [1.29, 1.82) is 0 Å². The number of carbonyl (C=O) groups excluding carboxylic acids is 1. The van der Waals surface area contributed by atoms with Crippen LogP contribution in [0.2, 0.25) is 0 Å². The highest BCUT2D eigenvalue weighted by molar-refractivity contribution is 5.79. The lowest BCUT2D eigenvalue weighted by atomic mass is 9.79. The predicted molar refractivity (Wildman–Crippen MR) is 124 cm³/mol. The summed E-state index contributed by atoms with van der Waals surface area (Å²) in [6.45, 7) is 2.56. The van der Waals surface area contributed by atoms with Gasteiger partial charge in [-0.3, -0.25) is 4.79 Å². The van der Waals surface area contributed by atoms with Crippen LogP contribution >= 0.6 is 0 Å². The summed E-state index contributed by atoms with van der Waals surface area (Å²) in [7, 11) is 0. The molecule has 0 radical (unpaired) electrons. The molecule has 0 atom stereocenters. The van der Waals surface area contributed by atoms with E-state index >= 15 is 0 Å². The highest BCUT2D eigenvalue weighted by Gasteiger charge is 2.40. The van der Waals surface area contributed by atoms with Crippen LogP contribution in [-0.4, -0.2) is 12.6 Å². The van der Waals surface area contributed by atoms with Gasteiger partial charge in [0.25, 0.3) is 0 Å². The van der Waals surface area contributed by atoms with Crippen LogP contribution in [0, 0.1) is 11.2 Å². The topological polar surface area (TPSA) is 35.5 Å². The standard InChI is InChI=1S/C28H27FO3/c1-2-31-27(30)28(16-8-9-17-28)19-22-14-15-25(29)24(18-22)23-12-6-7-13-26(23)32-20-21-10-4-3-5-11-21/h3-15,18H,2,16-17,19-20H2,1H3. The first-order valence-electron chi connectivity index (χ1n) is 11.0. The van der Waals surface area contributed by atoms with Gasteiger partial charge in [0.2, 0.25) is 0 Å². The second-order valence-corrected chi connectivity index (χ2v) is 8.14. The molecule has 3 aromatic rings. The lowest BCUT2D eigenvalue weighted by Gasteiger charge is -2.27. The Labute approximate surface area is 188 Å². The van der Waals surface area contributed by atoms with Gasteiger partial charge in [-0.2, -0.15) is 0 Å². The average molecular weight is 431 g/mol. The molecule has 0 aliphatic heterocycles. The van der Waals surface area contributed by atoms with Crippen molar-refractivity contribution in [3.63, 3.8) is 0 Å². The zero-order chi connectivity index (χ0) is 22.4. The second-order valence-electron chi connectivity index (χ2n) is 8.14. The van der Waals surface area contributed by atoms with E-state index in [1.165, 1.54) is 6.07 Å². The molecule has 0 unspecified atom stereocenters. The molecule has 0 bridgehead atoms. The van der Waals surface area contributed by atoms with Gasteiger partial charge in [0.1, 0.15) is 18.2 Å². The quantitative estimate of drug-likeness (QED) is 0.302. The number of esters is 1. The first-order valence-corrected chi connectivity index (χ1v) is 11.0. The van der Waals surface area contributed by atoms with E-state index in [4.69, 9.17) is 9.47 Å². The molecule has 0 amide bonds. The number of hydrogen-bond acceptors (Lipinski definition) is 3. The number of halogens is 1. The molecule has 4 rings (SSSR count). The van der Waals surface area contributed by atoms with Gasteiger partial charge >= 0.3 is 5.97 Å². The van der Waals surface area contributed by atoms with E-state index in [1.54, 1.807) is 6.07 Å². The van der Waals surface area contributed by atoms with Crippen LogP contribution in [0.1, 0.15) is 30.9 Å². The highest BCUT2D eigenvalue weighted by atomic mass is 19.1. The third-order valence-corrected chi connectivity index (χ3v) is 5.88. The number of benzene rings is 3. The van der Waals surface area contributed by atoms with Gasteiger partial charge < -0.3 is 9.47 Å². The highest BCUT2D eigenvalue weighted by Crippen LogP contribution is 2.40. The van der Waals surface area contributed by atoms with E-state index in [0.29, 0.717) is 49.4 Å². The molecule has 4 heteroatoms. The van der Waals surface area contributed by atoms with E-state index in [2.05, 4.69) is 0 Å². The molecule has 0 spiro atoms. The monoisotopic (exact) mass is 430 g/mol. The Hall–Kier alpha value is -3.40. The zero-order valence-electron chi connectivity index (χ0n) is 18.2. The summed E-state index contributed by atoms with van der Waals surface area (Å²) in [5.74, 6) is 0.108. The van der Waals surface area contributed by atoms with Crippen LogP contribution in [0.3, 0.4) is 0 Å². The largest absolute Gasteiger partial charge is 0.488 e. The molecule has 1 aliphatic carbocycles. The van der Waals surface area contributed by atoms with Gasteiger partial charge in [0, 0.05) is 11.1 Å². The Morgan fingerprint density at radius 2 is 1.62 bits per heavy atom. The molecule has 0 saturated heterocycles. The molecule has 3 nitrogen and oxygen atoms in total. The maximum atomic E-state index is 14.9. The zero-order valence-corrected chi connectivity index (χ0v) is 18.2. The molecule has 3 aromatic carbocycles. The fraction of sp³-hybridized carbons (Fsp3) is 0.250. The van der Waals surface area contributed by atoms with Gasteiger partial charge in [-0.05, 0) is 55.5 Å². The van der Waals surface area contributed by atoms with Crippen LogP contribution in [0.15, 0.2) is 84.9 Å². The molecule has 0 saturated carbocycles. The summed E-state index contributed by atoms with van der Waals surface area (Å²) < 4.78 is 26.3. The number of hydrogen-bond donors (Lipinski definition) is 0. The Morgan fingerprint density at radius 3 is 2.38 bits per heavy atom. The van der Waals surface area contributed by atoms with Crippen LogP contribution in [0.5, 0.6) is 5.75 Å². The predicted octanol–water partition coefficient (Wildman–Crippen LogP) is 6.51. The lowest BCUT2D eigenvalue weighted by Crippen LogP contribution is -2.32. The van der Waals surface area contributed by atoms with Crippen molar-refractivity contribution in [3.8, 4) is 16.9 Å². The van der Waals surface area contributed by atoms with E-state index < -0.39 is 5.41 Å². The summed E-state index contributed by atoms with van der Waals surface area (Å²) in [5.41, 5.74) is 2.49. The minimum absolute atomic E-state index is 0.192. The molecule has 0 N–H and O–H groups in total. The smallest absolute Gasteiger partial charge is 0.313 e. The summed E-state index contributed by atoms with van der Waals surface area (Å²) >= 11 is 0. The molecule has 1 aliphatic rings. The van der Waals surface area contributed by atoms with E-state index in [-0.39, 0.29) is 11.8 Å². The maximum absolute atomic E-state index is 14.9. The SMILES string of the molecule is CCOC(=O)C1(Cc2ccc(F)c(-c3ccccc3OCc3ccccc3)c2)CC=CC1. The summed E-state index contributed by atoms with van der Waals surface area (Å²) in [5, 5.41) is 0. The fourth-order valence-corrected chi connectivity index (χ4v) is 4.20. The first-order chi connectivity index (χ1) is 15.6. The number of carbonyl (C=O) groups is 1. The van der Waals surface area contributed by atoms with Gasteiger partial charge in [0.05, 0.1) is 12.0 Å². The molecule has 0 heterocycles. The second kappa shape index (κ2) is 9.82. The molecule has 0 fully saturated rings. The van der Waals surface area contributed by atoms with Crippen molar-refractivity contribution in [3.05, 3.63) is 102 Å². The molecule has 32 heavy (non-hydrogen) atoms. The number of allylic oxidation sites excluding steroid dienone is 2. The number of para-hydroxylation sites is 1. The normalized spacial score (nSPS) is 14.3. The summed E-state index contributed by atoms with van der Waals surface area (Å²) in [6.07, 6.45) is 5.81. The molecular weight excluding hydrogens is 403 g/mol. The molecular formula is C28H27FO3. The third kappa shape index (κ3) is 4.75. The average Bonchev–Trinajstić information content (AvgIpc) is 3.30. The van der Waals surface area contributed by atoms with Crippen LogP contribution in [0.4, 0.5) is 4.39 Å². The number of rotatable bonds is 8. The van der Waals surface area contributed by atoms with E-state index in [9.17, 15) is 9.18 Å². The van der Waals surface area contributed by atoms with E-state index in [1.807, 2.05) is 79.7 Å². The Balaban J connectivity index is 1.61. The minimum Gasteiger partial charge on any atom is -0.488 e. The Morgan fingerprint density at radius 1 is 0.906 bits per heavy atom.